The minimum absolute atomic E-state index is 0.0233. The number of para-hydroxylation sites is 1. The minimum Gasteiger partial charge on any atom is -0.399 e. The number of carbonyl (C=O) groups excluding carboxylic acids is 1. The third-order valence-corrected chi connectivity index (χ3v) is 3.84. The maximum atomic E-state index is 12.5. The maximum absolute atomic E-state index is 12.5. The van der Waals surface area contributed by atoms with Gasteiger partial charge in [0.05, 0.1) is 11.1 Å². The summed E-state index contributed by atoms with van der Waals surface area (Å²) in [4.78, 5) is 14.1. The molecule has 2 N–H and O–H groups in total. The van der Waals surface area contributed by atoms with E-state index in [1.807, 2.05) is 18.2 Å². The molecule has 2 aromatic carbocycles. The Morgan fingerprint density at radius 3 is 2.57 bits per heavy atom. The highest BCUT2D eigenvalue weighted by atomic mass is 16.2. The summed E-state index contributed by atoms with van der Waals surface area (Å²) < 4.78 is 2.18. The number of hydrogen-bond acceptors (Lipinski definition) is 2. The van der Waals surface area contributed by atoms with Gasteiger partial charge in [0.2, 0.25) is 0 Å². The van der Waals surface area contributed by atoms with E-state index in [4.69, 9.17) is 5.73 Å². The molecular weight excluding hydrogens is 262 g/mol. The summed E-state index contributed by atoms with van der Waals surface area (Å²) >= 11 is 0. The molecule has 0 saturated heterocycles. The van der Waals surface area contributed by atoms with Crippen LogP contribution in [-0.2, 0) is 6.54 Å². The molecule has 4 nitrogen and oxygen atoms in total. The molecule has 3 aromatic rings. The van der Waals surface area contributed by atoms with E-state index in [1.54, 1.807) is 25.1 Å². The molecule has 1 heterocycles. The molecule has 0 radical (unpaired) electrons. The zero-order chi connectivity index (χ0) is 15.1. The molecule has 1 amide bonds. The number of rotatable bonds is 2. The lowest BCUT2D eigenvalue weighted by Gasteiger charge is -2.14. The standard InChI is InChI=1S/C17H19N3O/c1-4-20-15-8-6-5-7-12(15)13-9-11(18)10-14(16(13)20)17(21)19(2)3/h5-10H,4,18H2,1-3H3. The van der Waals surface area contributed by atoms with Gasteiger partial charge in [-0.3, -0.25) is 4.79 Å². The molecule has 0 aliphatic carbocycles. The third kappa shape index (κ3) is 1.95. The number of nitrogens with two attached hydrogens (primary N) is 1. The van der Waals surface area contributed by atoms with Crippen molar-refractivity contribution < 1.29 is 4.79 Å². The Balaban J connectivity index is 2.52. The maximum Gasteiger partial charge on any atom is 0.255 e. The highest BCUT2D eigenvalue weighted by Crippen LogP contribution is 2.33. The summed E-state index contributed by atoms with van der Waals surface area (Å²) in [6, 6.07) is 11.9. The van der Waals surface area contributed by atoms with Crippen molar-refractivity contribution in [1.29, 1.82) is 0 Å². The van der Waals surface area contributed by atoms with Crippen molar-refractivity contribution in [2.24, 2.45) is 0 Å². The van der Waals surface area contributed by atoms with Gasteiger partial charge in [0.15, 0.2) is 0 Å². The molecule has 0 spiro atoms. The first-order valence-corrected chi connectivity index (χ1v) is 7.06. The molecule has 0 aliphatic rings. The third-order valence-electron chi connectivity index (χ3n) is 3.84. The SMILES string of the molecule is CCn1c2ccccc2c2cc(N)cc(C(=O)N(C)C)c21. The number of hydrogen-bond donors (Lipinski definition) is 1. The first-order valence-electron chi connectivity index (χ1n) is 7.06. The molecule has 3 rings (SSSR count). The molecule has 0 saturated carbocycles. The van der Waals surface area contributed by atoms with Crippen LogP contribution in [-0.4, -0.2) is 29.5 Å². The van der Waals surface area contributed by atoms with Crippen LogP contribution in [0.5, 0.6) is 0 Å². The lowest BCUT2D eigenvalue weighted by atomic mass is 10.1. The van der Waals surface area contributed by atoms with Gasteiger partial charge < -0.3 is 15.2 Å². The van der Waals surface area contributed by atoms with Gasteiger partial charge in [0, 0.05) is 42.6 Å². The number of carbonyl (C=O) groups is 1. The highest BCUT2D eigenvalue weighted by Gasteiger charge is 2.19. The van der Waals surface area contributed by atoms with Gasteiger partial charge in [-0.05, 0) is 25.1 Å². The Hall–Kier alpha value is -2.49. The Labute approximate surface area is 123 Å². The van der Waals surface area contributed by atoms with Crippen molar-refractivity contribution in [2.75, 3.05) is 19.8 Å². The van der Waals surface area contributed by atoms with Crippen LogP contribution in [0.3, 0.4) is 0 Å². The van der Waals surface area contributed by atoms with Crippen LogP contribution < -0.4 is 5.73 Å². The molecule has 1 aromatic heterocycles. The molecule has 4 heteroatoms. The normalized spacial score (nSPS) is 11.2. The van der Waals surface area contributed by atoms with Gasteiger partial charge >= 0.3 is 0 Å². The van der Waals surface area contributed by atoms with Crippen LogP contribution in [0.1, 0.15) is 17.3 Å². The van der Waals surface area contributed by atoms with Crippen molar-refractivity contribution in [3.8, 4) is 0 Å². The Morgan fingerprint density at radius 1 is 1.19 bits per heavy atom. The van der Waals surface area contributed by atoms with Gasteiger partial charge in [0.1, 0.15) is 0 Å². The topological polar surface area (TPSA) is 51.3 Å². The molecule has 0 bridgehead atoms. The quantitative estimate of drug-likeness (QED) is 0.734. The second-order valence-corrected chi connectivity index (χ2v) is 5.43. The van der Waals surface area contributed by atoms with Crippen LogP contribution in [0.15, 0.2) is 36.4 Å². The van der Waals surface area contributed by atoms with E-state index < -0.39 is 0 Å². The number of aryl methyl sites for hydroxylation is 1. The largest absolute Gasteiger partial charge is 0.399 e. The van der Waals surface area contributed by atoms with E-state index in [1.165, 1.54) is 0 Å². The highest BCUT2D eigenvalue weighted by molar-refractivity contribution is 6.16. The first-order chi connectivity index (χ1) is 10.0. The van der Waals surface area contributed by atoms with E-state index >= 15 is 0 Å². The number of nitrogens with zero attached hydrogens (tertiary/aromatic N) is 2. The van der Waals surface area contributed by atoms with E-state index in [2.05, 4.69) is 23.6 Å². The Morgan fingerprint density at radius 2 is 1.90 bits per heavy atom. The summed E-state index contributed by atoms with van der Waals surface area (Å²) in [6.45, 7) is 2.90. The predicted octanol–water partition coefficient (Wildman–Crippen LogP) is 3.10. The van der Waals surface area contributed by atoms with E-state index in [0.29, 0.717) is 11.3 Å². The zero-order valence-corrected chi connectivity index (χ0v) is 12.6. The van der Waals surface area contributed by atoms with Crippen LogP contribution in [0.4, 0.5) is 5.69 Å². The van der Waals surface area contributed by atoms with Gasteiger partial charge in [0.25, 0.3) is 5.91 Å². The van der Waals surface area contributed by atoms with E-state index in [-0.39, 0.29) is 5.91 Å². The van der Waals surface area contributed by atoms with Crippen LogP contribution in [0.2, 0.25) is 0 Å². The zero-order valence-electron chi connectivity index (χ0n) is 12.6. The molecule has 0 unspecified atom stereocenters. The van der Waals surface area contributed by atoms with Crippen molar-refractivity contribution in [3.05, 3.63) is 42.0 Å². The second kappa shape index (κ2) is 4.81. The number of anilines is 1. The number of fused-ring (bicyclic) bond motifs is 3. The lowest BCUT2D eigenvalue weighted by molar-refractivity contribution is 0.0829. The first kappa shape index (κ1) is 13.5. The number of benzene rings is 2. The van der Waals surface area contributed by atoms with E-state index in [0.717, 1.165) is 28.4 Å². The van der Waals surface area contributed by atoms with Crippen LogP contribution in [0, 0.1) is 0 Å². The lowest BCUT2D eigenvalue weighted by Crippen LogP contribution is -2.22. The van der Waals surface area contributed by atoms with Gasteiger partial charge in [-0.2, -0.15) is 0 Å². The van der Waals surface area contributed by atoms with Gasteiger partial charge in [-0.15, -0.1) is 0 Å². The molecule has 21 heavy (non-hydrogen) atoms. The van der Waals surface area contributed by atoms with E-state index in [9.17, 15) is 4.79 Å². The van der Waals surface area contributed by atoms with Crippen molar-refractivity contribution in [1.82, 2.24) is 9.47 Å². The fraction of sp³-hybridized carbons (Fsp3) is 0.235. The summed E-state index contributed by atoms with van der Waals surface area (Å²) in [7, 11) is 3.52. The van der Waals surface area contributed by atoms with Crippen molar-refractivity contribution in [2.45, 2.75) is 13.5 Å². The van der Waals surface area contributed by atoms with Crippen LogP contribution >= 0.6 is 0 Å². The van der Waals surface area contributed by atoms with Crippen molar-refractivity contribution in [3.63, 3.8) is 0 Å². The number of amides is 1. The van der Waals surface area contributed by atoms with Gasteiger partial charge in [-0.25, -0.2) is 0 Å². The second-order valence-electron chi connectivity index (χ2n) is 5.43. The summed E-state index contributed by atoms with van der Waals surface area (Å²) in [5.74, 6) is -0.0233. The average molecular weight is 281 g/mol. The number of nitrogen functional groups attached to an aromatic ring is 1. The molecular formula is C17H19N3O. The molecule has 0 fully saturated rings. The molecule has 0 aliphatic heterocycles. The average Bonchev–Trinajstić information content (AvgIpc) is 2.79. The smallest absolute Gasteiger partial charge is 0.255 e. The summed E-state index contributed by atoms with van der Waals surface area (Å²) in [6.07, 6.45) is 0. The van der Waals surface area contributed by atoms with Crippen molar-refractivity contribution >= 4 is 33.4 Å². The summed E-state index contributed by atoms with van der Waals surface area (Å²) in [5.41, 5.74) is 9.40. The monoisotopic (exact) mass is 281 g/mol. The van der Waals surface area contributed by atoms with Gasteiger partial charge in [-0.1, -0.05) is 18.2 Å². The fourth-order valence-corrected chi connectivity index (χ4v) is 2.94. The molecule has 108 valence electrons. The fourth-order valence-electron chi connectivity index (χ4n) is 2.94. The van der Waals surface area contributed by atoms with Crippen LogP contribution in [0.25, 0.3) is 21.8 Å². The summed E-state index contributed by atoms with van der Waals surface area (Å²) in [5, 5.41) is 2.17. The minimum atomic E-state index is -0.0233. The predicted molar refractivity (Wildman–Crippen MR) is 87.5 cm³/mol. The molecule has 0 atom stereocenters. The number of aromatic nitrogens is 1. The Bertz CT molecular complexity index is 846. The Kier molecular flexibility index (Phi) is 3.09.